The minimum atomic E-state index is -1.80. The summed E-state index contributed by atoms with van der Waals surface area (Å²) in [5.41, 5.74) is 0.393. The van der Waals surface area contributed by atoms with Gasteiger partial charge in [0, 0.05) is 7.12 Å². The van der Waals surface area contributed by atoms with E-state index in [1.165, 1.54) is 0 Å². The zero-order valence-corrected chi connectivity index (χ0v) is 7.10. The lowest BCUT2D eigenvalue weighted by Crippen LogP contribution is -1.85. The first-order chi connectivity index (χ1) is 3.72. The summed E-state index contributed by atoms with van der Waals surface area (Å²) in [6, 6.07) is 0. The molecule has 50 valence electrons. The molecule has 0 aliphatic heterocycles. The predicted octanol–water partition coefficient (Wildman–Crippen LogP) is 2.00. The van der Waals surface area contributed by atoms with Crippen molar-refractivity contribution in [2.24, 2.45) is 0 Å². The molecule has 8 heavy (non-hydrogen) atoms. The van der Waals surface area contributed by atoms with Crippen molar-refractivity contribution in [3.63, 3.8) is 0 Å². The molecule has 0 heterocycles. The van der Waals surface area contributed by atoms with Crippen LogP contribution in [0.1, 0.15) is 0 Å². The topological polar surface area (TPSA) is 37.3 Å². The van der Waals surface area contributed by atoms with E-state index in [1.54, 1.807) is 0 Å². The van der Waals surface area contributed by atoms with E-state index in [2.05, 4.69) is 0 Å². The van der Waals surface area contributed by atoms with Gasteiger partial charge in [-0.05, 0) is 0 Å². The molecule has 0 rings (SSSR count). The van der Waals surface area contributed by atoms with Gasteiger partial charge in [0.25, 0.3) is 0 Å². The van der Waals surface area contributed by atoms with Crippen LogP contribution in [0.2, 0.25) is 0 Å². The zero-order chi connectivity index (χ0) is 6.57. The van der Waals surface area contributed by atoms with Crippen molar-refractivity contribution in [2.45, 2.75) is 0 Å². The molecule has 0 radical (unpaired) electrons. The van der Waals surface area contributed by atoms with Crippen LogP contribution in [0.25, 0.3) is 0 Å². The normalized spacial score (nSPS) is 14.5. The third kappa shape index (κ3) is 3.21. The Morgan fingerprint density at radius 1 is 1.50 bits per heavy atom. The maximum Gasteiger partial charge on any atom is 0.176 e. The van der Waals surface area contributed by atoms with E-state index in [-0.39, 0.29) is 11.2 Å². The van der Waals surface area contributed by atoms with Gasteiger partial charge < -0.3 is 4.55 Å². The average Bonchev–Trinajstić information content (AvgIpc) is 1.69. The second-order valence-electron chi connectivity index (χ2n) is 0.952. The molecule has 0 amide bonds. The van der Waals surface area contributed by atoms with Crippen LogP contribution >= 0.6 is 30.3 Å². The first-order valence-corrected chi connectivity index (χ1v) is 6.19. The molecular formula is C2H5Cl2O2PS. The SMILES string of the molecule is O=S(O)P(CCl)CCl. The summed E-state index contributed by atoms with van der Waals surface area (Å²) in [4.78, 5) is 0. The minimum Gasteiger partial charge on any atom is -0.303 e. The largest absolute Gasteiger partial charge is 0.303 e. The van der Waals surface area contributed by atoms with Crippen LogP contribution < -0.4 is 0 Å². The molecular weight excluding hydrogens is 190 g/mol. The molecule has 0 bridgehead atoms. The Morgan fingerprint density at radius 2 is 1.88 bits per heavy atom. The standard InChI is InChI=1S/C2H5Cl2O2PS/c3-1-7(2-4)8(5)6/h1-2H2,(H,5,6). The first kappa shape index (κ1) is 9.12. The lowest BCUT2D eigenvalue weighted by atomic mass is 11.9. The van der Waals surface area contributed by atoms with Gasteiger partial charge in [0.15, 0.2) is 10.7 Å². The van der Waals surface area contributed by atoms with Gasteiger partial charge in [-0.3, -0.25) is 0 Å². The molecule has 0 aromatic heterocycles. The molecule has 0 aliphatic rings. The van der Waals surface area contributed by atoms with Crippen molar-refractivity contribution < 1.29 is 8.76 Å². The van der Waals surface area contributed by atoms with Gasteiger partial charge in [0.1, 0.15) is 0 Å². The van der Waals surface area contributed by atoms with Crippen molar-refractivity contribution in [3.8, 4) is 0 Å². The smallest absolute Gasteiger partial charge is 0.176 e. The van der Waals surface area contributed by atoms with Gasteiger partial charge in [0.2, 0.25) is 0 Å². The van der Waals surface area contributed by atoms with Crippen LogP contribution in [0, 0.1) is 0 Å². The van der Waals surface area contributed by atoms with Crippen LogP contribution in [0.15, 0.2) is 0 Å². The van der Waals surface area contributed by atoms with Gasteiger partial charge in [-0.25, -0.2) is 4.21 Å². The number of hydrogen-bond acceptors (Lipinski definition) is 1. The molecule has 0 aromatic carbocycles. The van der Waals surface area contributed by atoms with E-state index < -0.39 is 17.8 Å². The summed E-state index contributed by atoms with van der Waals surface area (Å²) in [7, 11) is -2.86. The van der Waals surface area contributed by atoms with E-state index in [9.17, 15) is 4.21 Å². The highest BCUT2D eigenvalue weighted by molar-refractivity contribution is 8.44. The number of hydrogen-bond donors (Lipinski definition) is 1. The fraction of sp³-hybridized carbons (Fsp3) is 1.00. The van der Waals surface area contributed by atoms with E-state index in [4.69, 9.17) is 27.8 Å². The Hall–Kier alpha value is 1.12. The summed E-state index contributed by atoms with van der Waals surface area (Å²) < 4.78 is 18.5. The highest BCUT2D eigenvalue weighted by Gasteiger charge is 2.10. The molecule has 1 atom stereocenters. The Balaban J connectivity index is 3.52. The molecule has 0 spiro atoms. The molecule has 2 nitrogen and oxygen atoms in total. The van der Waals surface area contributed by atoms with Gasteiger partial charge in [-0.15, -0.1) is 23.2 Å². The van der Waals surface area contributed by atoms with Crippen molar-refractivity contribution in [1.29, 1.82) is 0 Å². The van der Waals surface area contributed by atoms with Crippen molar-refractivity contribution in [2.75, 3.05) is 11.2 Å². The second kappa shape index (κ2) is 4.95. The Kier molecular flexibility index (Phi) is 5.64. The van der Waals surface area contributed by atoms with Gasteiger partial charge >= 0.3 is 0 Å². The Bertz CT molecular complexity index is 86.1. The third-order valence-electron chi connectivity index (χ3n) is 0.488. The van der Waals surface area contributed by atoms with Gasteiger partial charge in [0.05, 0.1) is 11.2 Å². The van der Waals surface area contributed by atoms with E-state index >= 15 is 0 Å². The Labute approximate surface area is 61.3 Å². The quantitative estimate of drug-likeness (QED) is 0.424. The van der Waals surface area contributed by atoms with E-state index in [0.29, 0.717) is 0 Å². The second-order valence-corrected chi connectivity index (χ2v) is 6.78. The number of halogens is 2. The lowest BCUT2D eigenvalue weighted by Gasteiger charge is -2.01. The van der Waals surface area contributed by atoms with Crippen LogP contribution in [0.3, 0.4) is 0 Å². The summed E-state index contributed by atoms with van der Waals surface area (Å²) in [6.07, 6.45) is 0. The molecule has 1 N–H and O–H groups in total. The maximum absolute atomic E-state index is 10.1. The van der Waals surface area contributed by atoms with Crippen LogP contribution in [-0.4, -0.2) is 20.0 Å². The number of rotatable bonds is 3. The van der Waals surface area contributed by atoms with Crippen molar-refractivity contribution >= 4 is 41.0 Å². The monoisotopic (exact) mass is 194 g/mol. The summed E-state index contributed by atoms with van der Waals surface area (Å²) in [5, 5.41) is 0. The highest BCUT2D eigenvalue weighted by atomic mass is 35.5. The van der Waals surface area contributed by atoms with E-state index in [0.717, 1.165) is 0 Å². The van der Waals surface area contributed by atoms with Crippen LogP contribution in [0.4, 0.5) is 0 Å². The van der Waals surface area contributed by atoms with E-state index in [1.807, 2.05) is 0 Å². The molecule has 0 aliphatic carbocycles. The van der Waals surface area contributed by atoms with Crippen LogP contribution in [-0.2, 0) is 10.7 Å². The zero-order valence-electron chi connectivity index (χ0n) is 3.88. The molecule has 1 unspecified atom stereocenters. The van der Waals surface area contributed by atoms with Crippen LogP contribution in [0.5, 0.6) is 0 Å². The first-order valence-electron chi connectivity index (χ1n) is 1.70. The average molecular weight is 195 g/mol. The lowest BCUT2D eigenvalue weighted by molar-refractivity contribution is 0.580. The van der Waals surface area contributed by atoms with Gasteiger partial charge in [-0.1, -0.05) is 0 Å². The fourth-order valence-corrected chi connectivity index (χ4v) is 3.12. The molecule has 0 aromatic rings. The third-order valence-corrected chi connectivity index (χ3v) is 6.14. The number of alkyl halides is 2. The fourth-order valence-electron chi connectivity index (χ4n) is 0.115. The van der Waals surface area contributed by atoms with Crippen molar-refractivity contribution in [1.82, 2.24) is 0 Å². The maximum atomic E-state index is 10.1. The summed E-state index contributed by atoms with van der Waals surface area (Å²) >= 11 is 10.5. The molecule has 0 saturated heterocycles. The molecule has 0 saturated carbocycles. The minimum absolute atomic E-state index is 0.196. The highest BCUT2D eigenvalue weighted by Crippen LogP contribution is 2.40. The van der Waals surface area contributed by atoms with Gasteiger partial charge in [-0.2, -0.15) is 0 Å². The Morgan fingerprint density at radius 3 is 1.88 bits per heavy atom. The summed E-state index contributed by atoms with van der Waals surface area (Å²) in [5.74, 6) is 0. The summed E-state index contributed by atoms with van der Waals surface area (Å²) in [6.45, 7) is 0. The van der Waals surface area contributed by atoms with Crippen molar-refractivity contribution in [3.05, 3.63) is 0 Å². The molecule has 0 fully saturated rings. The predicted molar refractivity (Wildman–Crippen MR) is 39.1 cm³/mol. The molecule has 6 heteroatoms.